The Bertz CT molecular complexity index is 314. The first kappa shape index (κ1) is 10.7. The summed E-state index contributed by atoms with van der Waals surface area (Å²) in [4.78, 5) is 8.27. The number of aromatic nitrogens is 2. The zero-order valence-corrected chi connectivity index (χ0v) is 9.04. The lowest BCUT2D eigenvalue weighted by atomic mass is 10.3. The molecule has 0 unspecified atom stereocenters. The van der Waals surface area contributed by atoms with Gasteiger partial charge in [-0.05, 0) is 20.3 Å². The molecule has 3 nitrogen and oxygen atoms in total. The predicted molar refractivity (Wildman–Crippen MR) is 59.3 cm³/mol. The second kappa shape index (κ2) is 5.37. The van der Waals surface area contributed by atoms with Crippen molar-refractivity contribution in [3.05, 3.63) is 29.7 Å². The number of hydrogen-bond acceptors (Lipinski definition) is 3. The summed E-state index contributed by atoms with van der Waals surface area (Å²) >= 11 is 0. The number of nitrogens with zero attached hydrogens (tertiary/aromatic N) is 2. The molecule has 0 radical (unpaired) electrons. The lowest BCUT2D eigenvalue weighted by Crippen LogP contribution is -2.02. The number of hydrogen-bond donors (Lipinski definition) is 1. The number of nitrogens with one attached hydrogen (secondary N) is 1. The Hall–Kier alpha value is -1.38. The van der Waals surface area contributed by atoms with Crippen molar-refractivity contribution in [2.45, 2.75) is 27.2 Å². The molecule has 14 heavy (non-hydrogen) atoms. The Balaban J connectivity index is 2.54. The molecule has 0 aliphatic heterocycles. The van der Waals surface area contributed by atoms with E-state index >= 15 is 0 Å². The molecule has 1 aromatic rings. The third kappa shape index (κ3) is 3.56. The standard InChI is InChI=1S/C11H17N3/c1-4-10-7-11(14-8-13-10)12-6-5-9(2)3/h5,7-8H,4,6H2,1-3H3,(H,12,13,14). The molecule has 0 aliphatic carbocycles. The van der Waals surface area contributed by atoms with Crippen LogP contribution in [0.15, 0.2) is 24.0 Å². The van der Waals surface area contributed by atoms with E-state index in [4.69, 9.17) is 0 Å². The van der Waals surface area contributed by atoms with E-state index in [0.29, 0.717) is 0 Å². The molecule has 1 rings (SSSR count). The molecular weight excluding hydrogens is 174 g/mol. The Morgan fingerprint density at radius 1 is 1.43 bits per heavy atom. The minimum absolute atomic E-state index is 0.822. The second-order valence-electron chi connectivity index (χ2n) is 3.41. The van der Waals surface area contributed by atoms with Crippen LogP contribution in [-0.2, 0) is 6.42 Å². The van der Waals surface area contributed by atoms with Crippen LogP contribution in [0.4, 0.5) is 5.82 Å². The van der Waals surface area contributed by atoms with Crippen LogP contribution in [0.1, 0.15) is 26.5 Å². The molecule has 0 atom stereocenters. The summed E-state index contributed by atoms with van der Waals surface area (Å²) in [7, 11) is 0. The highest BCUT2D eigenvalue weighted by molar-refractivity contribution is 5.35. The SMILES string of the molecule is CCc1cc(NCC=C(C)C)ncn1. The second-order valence-corrected chi connectivity index (χ2v) is 3.41. The van der Waals surface area contributed by atoms with Gasteiger partial charge < -0.3 is 5.32 Å². The summed E-state index contributed by atoms with van der Waals surface area (Å²) in [6, 6.07) is 1.98. The summed E-state index contributed by atoms with van der Waals surface area (Å²) in [5.74, 6) is 0.898. The lowest BCUT2D eigenvalue weighted by Gasteiger charge is -2.03. The lowest BCUT2D eigenvalue weighted by molar-refractivity contribution is 0.995. The molecule has 1 N–H and O–H groups in total. The fourth-order valence-corrected chi connectivity index (χ4v) is 1.05. The van der Waals surface area contributed by atoms with Gasteiger partial charge in [0.1, 0.15) is 12.1 Å². The van der Waals surface area contributed by atoms with Crippen LogP contribution in [0, 0.1) is 0 Å². The Morgan fingerprint density at radius 3 is 2.86 bits per heavy atom. The van der Waals surface area contributed by atoms with Gasteiger partial charge in [-0.1, -0.05) is 18.6 Å². The summed E-state index contributed by atoms with van der Waals surface area (Å²) < 4.78 is 0. The van der Waals surface area contributed by atoms with Crippen molar-refractivity contribution in [1.82, 2.24) is 9.97 Å². The zero-order chi connectivity index (χ0) is 10.4. The molecule has 0 saturated carbocycles. The molecule has 1 aromatic heterocycles. The molecule has 0 bridgehead atoms. The van der Waals surface area contributed by atoms with Gasteiger partial charge >= 0.3 is 0 Å². The van der Waals surface area contributed by atoms with Crippen LogP contribution in [0.25, 0.3) is 0 Å². The van der Waals surface area contributed by atoms with E-state index in [1.165, 1.54) is 5.57 Å². The maximum absolute atomic E-state index is 4.13. The van der Waals surface area contributed by atoms with Gasteiger partial charge in [0.15, 0.2) is 0 Å². The highest BCUT2D eigenvalue weighted by atomic mass is 15.0. The van der Waals surface area contributed by atoms with Crippen molar-refractivity contribution in [3.8, 4) is 0 Å². The summed E-state index contributed by atoms with van der Waals surface area (Å²) in [5.41, 5.74) is 2.38. The Labute approximate surface area is 85.3 Å². The van der Waals surface area contributed by atoms with Gasteiger partial charge in [0, 0.05) is 18.3 Å². The number of anilines is 1. The first-order chi connectivity index (χ1) is 6.72. The van der Waals surface area contributed by atoms with Crippen LogP contribution in [0.5, 0.6) is 0 Å². The maximum atomic E-state index is 4.13. The maximum Gasteiger partial charge on any atom is 0.129 e. The average Bonchev–Trinajstić information content (AvgIpc) is 2.18. The van der Waals surface area contributed by atoms with Gasteiger partial charge in [-0.3, -0.25) is 0 Å². The van der Waals surface area contributed by atoms with E-state index in [0.717, 1.165) is 24.5 Å². The topological polar surface area (TPSA) is 37.8 Å². The highest BCUT2D eigenvalue weighted by Crippen LogP contribution is 2.04. The molecule has 0 aliphatic rings. The van der Waals surface area contributed by atoms with E-state index < -0.39 is 0 Å². The molecule has 0 spiro atoms. The molecule has 0 aromatic carbocycles. The van der Waals surface area contributed by atoms with E-state index in [-0.39, 0.29) is 0 Å². The van der Waals surface area contributed by atoms with Gasteiger partial charge in [-0.25, -0.2) is 9.97 Å². The molecule has 76 valence electrons. The quantitative estimate of drug-likeness (QED) is 0.743. The van der Waals surface area contributed by atoms with Crippen molar-refractivity contribution in [1.29, 1.82) is 0 Å². The first-order valence-electron chi connectivity index (χ1n) is 4.90. The van der Waals surface area contributed by atoms with Crippen LogP contribution in [0.2, 0.25) is 0 Å². The van der Waals surface area contributed by atoms with Crippen LogP contribution >= 0.6 is 0 Å². The van der Waals surface area contributed by atoms with E-state index in [9.17, 15) is 0 Å². The molecular formula is C11H17N3. The first-order valence-corrected chi connectivity index (χ1v) is 4.90. The number of allylic oxidation sites excluding steroid dienone is 1. The minimum Gasteiger partial charge on any atom is -0.366 e. The fraction of sp³-hybridized carbons (Fsp3) is 0.455. The summed E-state index contributed by atoms with van der Waals surface area (Å²) in [6.45, 7) is 7.07. The minimum atomic E-state index is 0.822. The molecule has 1 heterocycles. The van der Waals surface area contributed by atoms with Gasteiger partial charge in [0.25, 0.3) is 0 Å². The third-order valence-electron chi connectivity index (χ3n) is 1.88. The predicted octanol–water partition coefficient (Wildman–Crippen LogP) is 2.42. The smallest absolute Gasteiger partial charge is 0.129 e. The average molecular weight is 191 g/mol. The monoisotopic (exact) mass is 191 g/mol. The van der Waals surface area contributed by atoms with Crippen LogP contribution < -0.4 is 5.32 Å². The third-order valence-corrected chi connectivity index (χ3v) is 1.88. The molecule has 0 saturated heterocycles. The van der Waals surface area contributed by atoms with Gasteiger partial charge in [-0.15, -0.1) is 0 Å². The summed E-state index contributed by atoms with van der Waals surface area (Å²) in [5, 5.41) is 3.22. The van der Waals surface area contributed by atoms with Crippen molar-refractivity contribution in [2.75, 3.05) is 11.9 Å². The van der Waals surface area contributed by atoms with Crippen molar-refractivity contribution in [2.24, 2.45) is 0 Å². The zero-order valence-electron chi connectivity index (χ0n) is 9.04. The van der Waals surface area contributed by atoms with Crippen molar-refractivity contribution >= 4 is 5.82 Å². The van der Waals surface area contributed by atoms with Crippen molar-refractivity contribution in [3.63, 3.8) is 0 Å². The molecule has 0 fully saturated rings. The van der Waals surface area contributed by atoms with E-state index in [1.807, 2.05) is 6.07 Å². The van der Waals surface area contributed by atoms with E-state index in [2.05, 4.69) is 42.1 Å². The fourth-order valence-electron chi connectivity index (χ4n) is 1.05. The molecule has 3 heteroatoms. The van der Waals surface area contributed by atoms with Gasteiger partial charge in [-0.2, -0.15) is 0 Å². The van der Waals surface area contributed by atoms with Gasteiger partial charge in [0.05, 0.1) is 0 Å². The van der Waals surface area contributed by atoms with Gasteiger partial charge in [0.2, 0.25) is 0 Å². The number of rotatable bonds is 4. The Morgan fingerprint density at radius 2 is 2.21 bits per heavy atom. The summed E-state index contributed by atoms with van der Waals surface area (Å²) in [6.07, 6.45) is 4.68. The van der Waals surface area contributed by atoms with Crippen molar-refractivity contribution < 1.29 is 0 Å². The van der Waals surface area contributed by atoms with Crippen LogP contribution in [-0.4, -0.2) is 16.5 Å². The largest absolute Gasteiger partial charge is 0.366 e. The number of aryl methyl sites for hydroxylation is 1. The Kier molecular flexibility index (Phi) is 4.11. The highest BCUT2D eigenvalue weighted by Gasteiger charge is 1.94. The molecule has 0 amide bonds. The normalized spacial score (nSPS) is 9.64. The van der Waals surface area contributed by atoms with E-state index in [1.54, 1.807) is 6.33 Å². The van der Waals surface area contributed by atoms with Crippen LogP contribution in [0.3, 0.4) is 0 Å².